The van der Waals surface area contributed by atoms with Crippen LogP contribution in [0.25, 0.3) is 0 Å². The number of carbonyl (C=O) groups excluding carboxylic acids is 1. The van der Waals surface area contributed by atoms with E-state index in [0.717, 1.165) is 44.1 Å². The van der Waals surface area contributed by atoms with Gasteiger partial charge in [-0.05, 0) is 68.6 Å². The number of hydrogen-bond acceptors (Lipinski definition) is 6. The second-order valence-electron chi connectivity index (χ2n) is 9.02. The Bertz CT molecular complexity index is 1030. The topological polar surface area (TPSA) is 84.0 Å². The summed E-state index contributed by atoms with van der Waals surface area (Å²) in [6.07, 6.45) is 4.70. The van der Waals surface area contributed by atoms with Gasteiger partial charge in [0.25, 0.3) is 0 Å². The van der Waals surface area contributed by atoms with Crippen LogP contribution in [0.1, 0.15) is 36.8 Å². The van der Waals surface area contributed by atoms with E-state index in [4.69, 9.17) is 10.6 Å². The van der Waals surface area contributed by atoms with E-state index in [2.05, 4.69) is 15.0 Å². The van der Waals surface area contributed by atoms with Crippen molar-refractivity contribution in [2.75, 3.05) is 39.0 Å². The standard InChI is InChI=1S/C25H31F2N5O2/c1-34-30-24(21-3-2-20(26)15-22(21)27)18-7-12-32(13-8-18)25(33)19-5-10-31(11-6-19)16-17-4-9-29-23(28)14-17/h2-4,9,14-15,18-19H,5-8,10-13,16H2,1H3,(H2,28,29)/b30-24-. The lowest BCUT2D eigenvalue weighted by Crippen LogP contribution is -2.46. The number of nitrogen functional groups attached to an aromatic ring is 1. The summed E-state index contributed by atoms with van der Waals surface area (Å²) in [4.78, 5) is 26.4. The van der Waals surface area contributed by atoms with Crippen molar-refractivity contribution in [3.8, 4) is 0 Å². The van der Waals surface area contributed by atoms with Crippen LogP contribution >= 0.6 is 0 Å². The minimum atomic E-state index is -0.657. The molecule has 1 aromatic carbocycles. The molecule has 0 radical (unpaired) electrons. The van der Waals surface area contributed by atoms with E-state index in [-0.39, 0.29) is 23.3 Å². The van der Waals surface area contributed by atoms with E-state index in [1.165, 1.54) is 19.2 Å². The van der Waals surface area contributed by atoms with Gasteiger partial charge in [-0.15, -0.1) is 0 Å². The van der Waals surface area contributed by atoms with E-state index < -0.39 is 11.6 Å². The first-order valence-corrected chi connectivity index (χ1v) is 11.7. The zero-order valence-electron chi connectivity index (χ0n) is 19.4. The van der Waals surface area contributed by atoms with Crippen molar-refractivity contribution in [1.82, 2.24) is 14.8 Å². The van der Waals surface area contributed by atoms with Crippen LogP contribution in [0, 0.1) is 23.5 Å². The molecular weight excluding hydrogens is 440 g/mol. The number of rotatable bonds is 6. The number of nitrogens with two attached hydrogens (primary N) is 1. The first-order chi connectivity index (χ1) is 16.4. The summed E-state index contributed by atoms with van der Waals surface area (Å²) in [7, 11) is 1.41. The fraction of sp³-hybridized carbons (Fsp3) is 0.480. The molecule has 1 aromatic heterocycles. The van der Waals surface area contributed by atoms with Crippen molar-refractivity contribution in [3.63, 3.8) is 0 Å². The smallest absolute Gasteiger partial charge is 0.225 e. The Morgan fingerprint density at radius 1 is 1.09 bits per heavy atom. The summed E-state index contributed by atoms with van der Waals surface area (Å²) < 4.78 is 27.7. The predicted octanol–water partition coefficient (Wildman–Crippen LogP) is 3.44. The maximum Gasteiger partial charge on any atom is 0.225 e. The minimum Gasteiger partial charge on any atom is -0.399 e. The van der Waals surface area contributed by atoms with Gasteiger partial charge in [0, 0.05) is 49.3 Å². The van der Waals surface area contributed by atoms with Gasteiger partial charge in [0.15, 0.2) is 0 Å². The second kappa shape index (κ2) is 10.9. The Labute approximate surface area is 198 Å². The summed E-state index contributed by atoms with van der Waals surface area (Å²) in [5.74, 6) is -0.600. The molecule has 2 aliphatic rings. The largest absolute Gasteiger partial charge is 0.399 e. The van der Waals surface area contributed by atoms with Crippen molar-refractivity contribution in [1.29, 1.82) is 0 Å². The number of pyridine rings is 1. The average molecular weight is 472 g/mol. The maximum absolute atomic E-state index is 14.4. The molecule has 0 atom stereocenters. The Balaban J connectivity index is 1.30. The normalized spacial score (nSPS) is 18.8. The quantitative estimate of drug-likeness (QED) is 0.515. The molecule has 9 heteroatoms. The van der Waals surface area contributed by atoms with Crippen LogP contribution in [0.5, 0.6) is 0 Å². The molecule has 0 spiro atoms. The second-order valence-corrected chi connectivity index (χ2v) is 9.02. The SMILES string of the molecule is CO/N=C(\c1ccc(F)cc1F)C1CCN(C(=O)C2CCN(Cc3ccnc(N)c3)CC2)CC1. The highest BCUT2D eigenvalue weighted by molar-refractivity contribution is 6.02. The Morgan fingerprint density at radius 2 is 1.79 bits per heavy atom. The maximum atomic E-state index is 14.4. The third-order valence-electron chi connectivity index (χ3n) is 6.78. The molecule has 1 amide bonds. The van der Waals surface area contributed by atoms with Gasteiger partial charge in [0.1, 0.15) is 24.6 Å². The summed E-state index contributed by atoms with van der Waals surface area (Å²) in [6.45, 7) is 3.71. The number of benzene rings is 1. The van der Waals surface area contributed by atoms with Gasteiger partial charge in [-0.2, -0.15) is 0 Å². The van der Waals surface area contributed by atoms with E-state index in [1.807, 2.05) is 17.0 Å². The highest BCUT2D eigenvalue weighted by atomic mass is 19.1. The number of carbonyl (C=O) groups is 1. The lowest BCUT2D eigenvalue weighted by atomic mass is 9.86. The molecular formula is C25H31F2N5O2. The van der Waals surface area contributed by atoms with Gasteiger partial charge >= 0.3 is 0 Å². The number of piperidine rings is 2. The molecule has 0 unspecified atom stereocenters. The lowest BCUT2D eigenvalue weighted by molar-refractivity contribution is -0.138. The zero-order chi connectivity index (χ0) is 24.1. The number of likely N-dealkylation sites (tertiary alicyclic amines) is 2. The molecule has 0 aliphatic carbocycles. The number of anilines is 1. The van der Waals surface area contributed by atoms with Crippen molar-refractivity contribution in [3.05, 3.63) is 59.3 Å². The van der Waals surface area contributed by atoms with Crippen LogP contribution in [-0.4, -0.2) is 59.7 Å². The van der Waals surface area contributed by atoms with Crippen LogP contribution in [0.2, 0.25) is 0 Å². The first kappa shape index (κ1) is 24.1. The Hall–Kier alpha value is -3.07. The van der Waals surface area contributed by atoms with Crippen LogP contribution in [0.15, 0.2) is 41.7 Å². The fourth-order valence-corrected chi connectivity index (χ4v) is 4.96. The van der Waals surface area contributed by atoms with E-state index in [9.17, 15) is 13.6 Å². The Kier molecular flexibility index (Phi) is 7.72. The zero-order valence-corrected chi connectivity index (χ0v) is 19.4. The van der Waals surface area contributed by atoms with E-state index in [1.54, 1.807) is 6.20 Å². The van der Waals surface area contributed by atoms with Crippen LogP contribution in [0.3, 0.4) is 0 Å². The molecule has 0 saturated carbocycles. The van der Waals surface area contributed by atoms with Crippen molar-refractivity contribution in [2.24, 2.45) is 17.0 Å². The molecule has 2 N–H and O–H groups in total. The molecule has 3 heterocycles. The fourth-order valence-electron chi connectivity index (χ4n) is 4.96. The number of nitrogens with zero attached hydrogens (tertiary/aromatic N) is 4. The molecule has 2 aliphatic heterocycles. The van der Waals surface area contributed by atoms with Gasteiger partial charge in [-0.1, -0.05) is 5.16 Å². The molecule has 7 nitrogen and oxygen atoms in total. The van der Waals surface area contributed by atoms with Crippen molar-refractivity contribution >= 4 is 17.4 Å². The summed E-state index contributed by atoms with van der Waals surface area (Å²) in [5, 5.41) is 4.05. The van der Waals surface area contributed by atoms with Crippen molar-refractivity contribution < 1.29 is 18.4 Å². The minimum absolute atomic E-state index is 0.0250. The van der Waals surface area contributed by atoms with Crippen LogP contribution in [-0.2, 0) is 16.2 Å². The van der Waals surface area contributed by atoms with Gasteiger partial charge in [-0.25, -0.2) is 13.8 Å². The summed E-state index contributed by atoms with van der Waals surface area (Å²) in [6, 6.07) is 7.33. The molecule has 182 valence electrons. The van der Waals surface area contributed by atoms with E-state index in [0.29, 0.717) is 37.5 Å². The summed E-state index contributed by atoms with van der Waals surface area (Å²) in [5.41, 5.74) is 7.62. The van der Waals surface area contributed by atoms with Gasteiger partial charge in [-0.3, -0.25) is 9.69 Å². The third-order valence-corrected chi connectivity index (χ3v) is 6.78. The van der Waals surface area contributed by atoms with Crippen molar-refractivity contribution in [2.45, 2.75) is 32.2 Å². The van der Waals surface area contributed by atoms with E-state index >= 15 is 0 Å². The molecule has 0 bridgehead atoms. The summed E-state index contributed by atoms with van der Waals surface area (Å²) >= 11 is 0. The molecule has 34 heavy (non-hydrogen) atoms. The number of oxime groups is 1. The number of amides is 1. The molecule has 2 aromatic rings. The number of hydrogen-bond donors (Lipinski definition) is 1. The third kappa shape index (κ3) is 5.70. The Morgan fingerprint density at radius 3 is 2.44 bits per heavy atom. The number of halogens is 2. The van der Waals surface area contributed by atoms with Crippen LogP contribution < -0.4 is 5.73 Å². The molecule has 2 saturated heterocycles. The van der Waals surface area contributed by atoms with Gasteiger partial charge < -0.3 is 15.5 Å². The van der Waals surface area contributed by atoms with Gasteiger partial charge in [0.2, 0.25) is 5.91 Å². The monoisotopic (exact) mass is 471 g/mol. The number of aromatic nitrogens is 1. The van der Waals surface area contributed by atoms with Gasteiger partial charge in [0.05, 0.1) is 5.71 Å². The highest BCUT2D eigenvalue weighted by Gasteiger charge is 2.33. The predicted molar refractivity (Wildman–Crippen MR) is 126 cm³/mol. The lowest BCUT2D eigenvalue weighted by Gasteiger charge is -2.37. The van der Waals surface area contributed by atoms with Crippen LogP contribution in [0.4, 0.5) is 14.6 Å². The highest BCUT2D eigenvalue weighted by Crippen LogP contribution is 2.28. The molecule has 4 rings (SSSR count). The first-order valence-electron chi connectivity index (χ1n) is 11.7. The molecule has 2 fully saturated rings. The average Bonchev–Trinajstić information content (AvgIpc) is 2.83.